The molecule has 0 fully saturated rings. The Labute approximate surface area is 106 Å². The van der Waals surface area contributed by atoms with Gasteiger partial charge in [0.25, 0.3) is 0 Å². The summed E-state index contributed by atoms with van der Waals surface area (Å²) in [5, 5.41) is 4.36. The molecule has 0 unspecified atom stereocenters. The maximum Gasteiger partial charge on any atom is 0.320 e. The molecule has 100 valence electrons. The highest BCUT2D eigenvalue weighted by atomic mass is 32.2. The number of amides is 2. The molecule has 1 aromatic rings. The number of nitrogens with one attached hydrogen (secondary N) is 2. The predicted octanol–water partition coefficient (Wildman–Crippen LogP) is 0.377. The van der Waals surface area contributed by atoms with Crippen molar-refractivity contribution in [3.63, 3.8) is 0 Å². The van der Waals surface area contributed by atoms with Gasteiger partial charge in [-0.25, -0.2) is 13.2 Å². The van der Waals surface area contributed by atoms with Crippen LogP contribution in [0.5, 0.6) is 0 Å². The van der Waals surface area contributed by atoms with Crippen LogP contribution in [0.4, 0.5) is 16.2 Å². The summed E-state index contributed by atoms with van der Waals surface area (Å²) in [5.41, 5.74) is 1.46. The number of hydrogen-bond donors (Lipinski definition) is 2. The lowest BCUT2D eigenvalue weighted by molar-refractivity contribution is 0.253. The average molecular weight is 272 g/mol. The van der Waals surface area contributed by atoms with Gasteiger partial charge < -0.3 is 20.1 Å². The Morgan fingerprint density at radius 3 is 2.28 bits per heavy atom. The molecule has 2 amide bonds. The Balaban J connectivity index is 2.55. The van der Waals surface area contributed by atoms with Gasteiger partial charge in [-0.1, -0.05) is 0 Å². The van der Waals surface area contributed by atoms with Gasteiger partial charge >= 0.3 is 6.03 Å². The molecule has 7 nitrogen and oxygen atoms in total. The van der Waals surface area contributed by atoms with Gasteiger partial charge in [0, 0.05) is 25.5 Å². The third kappa shape index (κ3) is 5.02. The molecule has 1 aromatic carbocycles. The van der Waals surface area contributed by atoms with Crippen LogP contribution >= 0.6 is 0 Å². The third-order valence-corrected chi connectivity index (χ3v) is 2.55. The summed E-state index contributed by atoms with van der Waals surface area (Å²) in [6.45, 7) is 0. The maximum absolute atomic E-state index is 11.2. The molecule has 0 aliphatic rings. The van der Waals surface area contributed by atoms with Crippen LogP contribution in [0.1, 0.15) is 0 Å². The summed E-state index contributed by atoms with van der Waals surface area (Å²) in [4.78, 5) is 13.1. The molecule has 0 aromatic heterocycles. The summed E-state index contributed by atoms with van der Waals surface area (Å²) in [5.74, 6) is -0.936. The Morgan fingerprint density at radius 2 is 1.83 bits per heavy atom. The molecule has 0 saturated carbocycles. The highest BCUT2D eigenvalue weighted by Gasteiger charge is 2.03. The molecule has 0 atom stereocenters. The van der Waals surface area contributed by atoms with Gasteiger partial charge in [-0.3, -0.25) is 0 Å². The first kappa shape index (κ1) is 14.3. The standard InChI is InChI=1S/C10H15N3O4S/c1-13(2)9-5-3-8(4-6-9)12-10(14)11-7-18(15,16)17/h3-6H,7H2,1-2H3,(H2,11,12,14)(H,15,16,17)/p-1. The zero-order valence-electron chi connectivity index (χ0n) is 10.0. The average Bonchev–Trinajstić information content (AvgIpc) is 2.26. The van der Waals surface area contributed by atoms with E-state index in [1.54, 1.807) is 24.3 Å². The molecular weight excluding hydrogens is 258 g/mol. The lowest BCUT2D eigenvalue weighted by Gasteiger charge is -2.13. The van der Waals surface area contributed by atoms with Gasteiger partial charge in [0.15, 0.2) is 0 Å². The van der Waals surface area contributed by atoms with Gasteiger partial charge in [0.2, 0.25) is 0 Å². The van der Waals surface area contributed by atoms with Crippen molar-refractivity contribution in [1.29, 1.82) is 0 Å². The fraction of sp³-hybridized carbons (Fsp3) is 0.300. The molecule has 2 N–H and O–H groups in total. The van der Waals surface area contributed by atoms with Crippen LogP contribution in [0, 0.1) is 0 Å². The van der Waals surface area contributed by atoms with Crippen molar-refractivity contribution < 1.29 is 17.8 Å². The summed E-state index contributed by atoms with van der Waals surface area (Å²) in [6.07, 6.45) is 0. The highest BCUT2D eigenvalue weighted by Crippen LogP contribution is 2.15. The van der Waals surface area contributed by atoms with Crippen molar-refractivity contribution in [2.24, 2.45) is 0 Å². The van der Waals surface area contributed by atoms with E-state index in [2.05, 4.69) is 5.32 Å². The number of rotatable bonds is 4. The summed E-state index contributed by atoms with van der Waals surface area (Å²) < 4.78 is 30.9. The zero-order chi connectivity index (χ0) is 13.8. The SMILES string of the molecule is CN(C)c1ccc(NC(=O)NCS(=O)(=O)[O-])cc1. The van der Waals surface area contributed by atoms with Crippen molar-refractivity contribution in [1.82, 2.24) is 5.32 Å². The van der Waals surface area contributed by atoms with E-state index in [9.17, 15) is 17.8 Å². The largest absolute Gasteiger partial charge is 0.747 e. The van der Waals surface area contributed by atoms with Crippen molar-refractivity contribution in [3.05, 3.63) is 24.3 Å². The Bertz CT molecular complexity index is 510. The van der Waals surface area contributed by atoms with Crippen molar-refractivity contribution in [2.45, 2.75) is 0 Å². The van der Waals surface area contributed by atoms with Gasteiger partial charge in [-0.2, -0.15) is 0 Å². The van der Waals surface area contributed by atoms with Crippen LogP contribution in [0.3, 0.4) is 0 Å². The van der Waals surface area contributed by atoms with E-state index in [1.165, 1.54) is 0 Å². The van der Waals surface area contributed by atoms with Gasteiger partial charge in [-0.15, -0.1) is 0 Å². The van der Waals surface area contributed by atoms with Crippen molar-refractivity contribution >= 4 is 27.5 Å². The van der Waals surface area contributed by atoms with E-state index in [4.69, 9.17) is 0 Å². The molecule has 0 bridgehead atoms. The molecule has 0 radical (unpaired) electrons. The fourth-order valence-electron chi connectivity index (χ4n) is 1.17. The molecule has 0 spiro atoms. The van der Waals surface area contributed by atoms with Crippen LogP contribution in [0.2, 0.25) is 0 Å². The second-order valence-electron chi connectivity index (χ2n) is 3.77. The lowest BCUT2D eigenvalue weighted by Crippen LogP contribution is -2.33. The van der Waals surface area contributed by atoms with Gasteiger partial charge in [0.1, 0.15) is 16.0 Å². The first-order valence-electron chi connectivity index (χ1n) is 5.04. The van der Waals surface area contributed by atoms with Crippen molar-refractivity contribution in [2.75, 3.05) is 30.2 Å². The number of urea groups is 1. The fourth-order valence-corrected chi connectivity index (χ4v) is 1.48. The second kappa shape index (κ2) is 5.69. The minimum absolute atomic E-state index is 0.501. The van der Waals surface area contributed by atoms with E-state index in [0.29, 0.717) is 5.69 Å². The predicted molar refractivity (Wildman–Crippen MR) is 67.5 cm³/mol. The number of carbonyl (C=O) groups excluding carboxylic acids is 1. The van der Waals surface area contributed by atoms with Gasteiger partial charge in [-0.05, 0) is 24.3 Å². The molecule has 0 heterocycles. The van der Waals surface area contributed by atoms with Crippen LogP contribution < -0.4 is 15.5 Å². The quantitative estimate of drug-likeness (QED) is 0.771. The minimum Gasteiger partial charge on any atom is -0.747 e. The molecule has 18 heavy (non-hydrogen) atoms. The number of carbonyl (C=O) groups is 1. The summed E-state index contributed by atoms with van der Waals surface area (Å²) >= 11 is 0. The summed E-state index contributed by atoms with van der Waals surface area (Å²) in [7, 11) is -0.692. The van der Waals surface area contributed by atoms with Gasteiger partial charge in [0.05, 0.1) is 0 Å². The third-order valence-electron chi connectivity index (χ3n) is 2.05. The van der Waals surface area contributed by atoms with E-state index in [0.717, 1.165) is 5.69 Å². The normalized spacial score (nSPS) is 10.8. The highest BCUT2D eigenvalue weighted by molar-refractivity contribution is 7.85. The lowest BCUT2D eigenvalue weighted by atomic mass is 10.2. The van der Waals surface area contributed by atoms with E-state index < -0.39 is 22.0 Å². The Kier molecular flexibility index (Phi) is 4.51. The van der Waals surface area contributed by atoms with E-state index in [-0.39, 0.29) is 0 Å². The first-order valence-corrected chi connectivity index (χ1v) is 6.61. The maximum atomic E-state index is 11.2. The minimum atomic E-state index is -4.46. The Hall–Kier alpha value is -1.80. The number of anilines is 2. The smallest absolute Gasteiger partial charge is 0.320 e. The summed E-state index contributed by atoms with van der Waals surface area (Å²) in [6, 6.07) is 6.17. The second-order valence-corrected chi connectivity index (χ2v) is 5.18. The molecule has 8 heteroatoms. The zero-order valence-corrected chi connectivity index (χ0v) is 10.8. The molecule has 0 aliphatic carbocycles. The van der Waals surface area contributed by atoms with E-state index >= 15 is 0 Å². The number of nitrogens with zero attached hydrogens (tertiary/aromatic N) is 1. The van der Waals surface area contributed by atoms with Crippen LogP contribution in [0.15, 0.2) is 24.3 Å². The van der Waals surface area contributed by atoms with Crippen LogP contribution in [0.25, 0.3) is 0 Å². The molecule has 0 aliphatic heterocycles. The topological polar surface area (TPSA) is 102 Å². The number of benzene rings is 1. The van der Waals surface area contributed by atoms with Crippen molar-refractivity contribution in [3.8, 4) is 0 Å². The molecular formula is C10H14N3O4S-. The van der Waals surface area contributed by atoms with E-state index in [1.807, 2.05) is 24.3 Å². The van der Waals surface area contributed by atoms with Crippen LogP contribution in [-0.2, 0) is 10.1 Å². The molecule has 0 saturated heterocycles. The molecule has 1 rings (SSSR count). The number of hydrogen-bond acceptors (Lipinski definition) is 5. The van der Waals surface area contributed by atoms with Crippen LogP contribution in [-0.4, -0.2) is 39.0 Å². The Morgan fingerprint density at radius 1 is 1.28 bits per heavy atom. The monoisotopic (exact) mass is 272 g/mol. The first-order chi connectivity index (χ1) is 8.28.